The zero-order valence-corrected chi connectivity index (χ0v) is 19.5. The molecule has 0 saturated carbocycles. The fraction of sp³-hybridized carbons (Fsp3) is 0.308. The molecule has 0 unspecified atom stereocenters. The van der Waals surface area contributed by atoms with E-state index in [0.29, 0.717) is 29.2 Å². The molecule has 1 aliphatic heterocycles. The lowest BCUT2D eigenvalue weighted by Crippen LogP contribution is -2.37. The fourth-order valence-electron chi connectivity index (χ4n) is 4.49. The first-order valence-corrected chi connectivity index (χ1v) is 11.7. The van der Waals surface area contributed by atoms with Crippen LogP contribution < -0.4 is 5.32 Å². The average Bonchev–Trinajstić information content (AvgIpc) is 3.55. The van der Waals surface area contributed by atoms with E-state index in [2.05, 4.69) is 39.2 Å². The number of amides is 1. The van der Waals surface area contributed by atoms with Crippen LogP contribution in [0.25, 0.3) is 17.1 Å². The molecule has 5 rings (SSSR count). The lowest BCUT2D eigenvalue weighted by molar-refractivity contribution is 0.102. The van der Waals surface area contributed by atoms with Gasteiger partial charge in [0.15, 0.2) is 5.82 Å². The molecule has 1 saturated heterocycles. The Labute approximate surface area is 199 Å². The highest BCUT2D eigenvalue weighted by atomic mass is 16.1. The minimum Gasteiger partial charge on any atom is -0.306 e. The number of carbonyl (C=O) groups is 1. The zero-order chi connectivity index (χ0) is 23.5. The van der Waals surface area contributed by atoms with E-state index in [-0.39, 0.29) is 5.91 Å². The fourth-order valence-corrected chi connectivity index (χ4v) is 4.49. The third kappa shape index (κ3) is 4.63. The Kier molecular flexibility index (Phi) is 6.22. The first-order valence-electron chi connectivity index (χ1n) is 11.7. The predicted molar refractivity (Wildman–Crippen MR) is 132 cm³/mol. The largest absolute Gasteiger partial charge is 0.306 e. The van der Waals surface area contributed by atoms with Gasteiger partial charge in [0, 0.05) is 41.5 Å². The molecular formula is C26H29N7O. The molecule has 0 radical (unpaired) electrons. The summed E-state index contributed by atoms with van der Waals surface area (Å²) in [5, 5.41) is 14.9. The molecule has 8 heteroatoms. The molecule has 1 amide bonds. The standard InChI is InChI=1S/C26H29N7O/c1-18(2)32-14-10-19(11-15-32)23-17-25(33(31-23)24-8-3-4-12-27-24)29-26(34)21-7-5-6-20(16-21)22-9-13-28-30-22/h3-9,12-13,16-19H,10-11,14-15H2,1-2H3,(H,28,30)(H,29,34). The van der Waals surface area contributed by atoms with Gasteiger partial charge in [0.05, 0.1) is 11.4 Å². The number of piperidine rings is 1. The summed E-state index contributed by atoms with van der Waals surface area (Å²) in [5.41, 5.74) is 3.33. The van der Waals surface area contributed by atoms with Gasteiger partial charge >= 0.3 is 0 Å². The molecule has 0 aliphatic carbocycles. The second-order valence-electron chi connectivity index (χ2n) is 8.96. The van der Waals surface area contributed by atoms with Crippen molar-refractivity contribution in [2.75, 3.05) is 18.4 Å². The second kappa shape index (κ2) is 9.61. The number of nitrogens with one attached hydrogen (secondary N) is 2. The molecule has 4 aromatic rings. The molecule has 0 bridgehead atoms. The van der Waals surface area contributed by atoms with Crippen molar-refractivity contribution in [1.29, 1.82) is 0 Å². The minimum atomic E-state index is -0.195. The summed E-state index contributed by atoms with van der Waals surface area (Å²) in [7, 11) is 0. The number of H-pyrrole nitrogens is 1. The van der Waals surface area contributed by atoms with Crippen molar-refractivity contribution in [3.63, 3.8) is 0 Å². The van der Waals surface area contributed by atoms with Crippen LogP contribution in [0.3, 0.4) is 0 Å². The molecule has 3 aromatic heterocycles. The number of aromatic nitrogens is 5. The van der Waals surface area contributed by atoms with Gasteiger partial charge in [-0.25, -0.2) is 4.98 Å². The van der Waals surface area contributed by atoms with Crippen LogP contribution in [0.5, 0.6) is 0 Å². The van der Waals surface area contributed by atoms with Gasteiger partial charge in [0.25, 0.3) is 5.91 Å². The smallest absolute Gasteiger partial charge is 0.256 e. The summed E-state index contributed by atoms with van der Waals surface area (Å²) < 4.78 is 1.74. The third-order valence-corrected chi connectivity index (χ3v) is 6.45. The van der Waals surface area contributed by atoms with Gasteiger partial charge in [-0.1, -0.05) is 18.2 Å². The van der Waals surface area contributed by atoms with E-state index < -0.39 is 0 Å². The molecule has 0 spiro atoms. The number of hydrogen-bond acceptors (Lipinski definition) is 5. The molecule has 34 heavy (non-hydrogen) atoms. The third-order valence-electron chi connectivity index (χ3n) is 6.45. The highest BCUT2D eigenvalue weighted by molar-refractivity contribution is 6.04. The highest BCUT2D eigenvalue weighted by Crippen LogP contribution is 2.31. The van der Waals surface area contributed by atoms with Crippen LogP contribution >= 0.6 is 0 Å². The first kappa shape index (κ1) is 22.0. The normalized spacial score (nSPS) is 15.0. The van der Waals surface area contributed by atoms with Crippen molar-refractivity contribution in [2.45, 2.75) is 38.6 Å². The van der Waals surface area contributed by atoms with E-state index in [9.17, 15) is 4.79 Å². The van der Waals surface area contributed by atoms with Crippen LogP contribution in [0.4, 0.5) is 5.82 Å². The van der Waals surface area contributed by atoms with E-state index in [4.69, 9.17) is 5.10 Å². The molecule has 174 valence electrons. The Balaban J connectivity index is 1.41. The molecule has 1 fully saturated rings. The van der Waals surface area contributed by atoms with Crippen molar-refractivity contribution < 1.29 is 4.79 Å². The van der Waals surface area contributed by atoms with E-state index in [0.717, 1.165) is 42.9 Å². The van der Waals surface area contributed by atoms with Gasteiger partial charge in [0.2, 0.25) is 0 Å². The van der Waals surface area contributed by atoms with Gasteiger partial charge in [-0.2, -0.15) is 14.9 Å². The summed E-state index contributed by atoms with van der Waals surface area (Å²) in [5.74, 6) is 1.46. The number of anilines is 1. The number of nitrogens with zero attached hydrogens (tertiary/aromatic N) is 5. The van der Waals surface area contributed by atoms with Gasteiger partial charge in [-0.3, -0.25) is 9.89 Å². The number of benzene rings is 1. The summed E-state index contributed by atoms with van der Waals surface area (Å²) >= 11 is 0. The zero-order valence-electron chi connectivity index (χ0n) is 19.5. The Morgan fingerprint density at radius 3 is 2.62 bits per heavy atom. The lowest BCUT2D eigenvalue weighted by Gasteiger charge is -2.33. The number of carbonyl (C=O) groups excluding carboxylic acids is 1. The van der Waals surface area contributed by atoms with Gasteiger partial charge < -0.3 is 10.2 Å². The van der Waals surface area contributed by atoms with Crippen molar-refractivity contribution in [2.24, 2.45) is 0 Å². The minimum absolute atomic E-state index is 0.195. The Hall–Kier alpha value is -3.78. The Bertz CT molecular complexity index is 1240. The van der Waals surface area contributed by atoms with Crippen molar-refractivity contribution >= 4 is 11.7 Å². The summed E-state index contributed by atoms with van der Waals surface area (Å²) in [6, 6.07) is 17.6. The van der Waals surface area contributed by atoms with Crippen LogP contribution in [0.1, 0.15) is 48.7 Å². The average molecular weight is 456 g/mol. The number of likely N-dealkylation sites (tertiary alicyclic amines) is 1. The Morgan fingerprint density at radius 1 is 1.06 bits per heavy atom. The van der Waals surface area contributed by atoms with Crippen LogP contribution in [0.2, 0.25) is 0 Å². The Morgan fingerprint density at radius 2 is 1.91 bits per heavy atom. The number of hydrogen-bond donors (Lipinski definition) is 2. The maximum absolute atomic E-state index is 13.2. The van der Waals surface area contributed by atoms with E-state index in [1.54, 1.807) is 23.1 Å². The van der Waals surface area contributed by atoms with Crippen LogP contribution in [-0.2, 0) is 0 Å². The van der Waals surface area contributed by atoms with Gasteiger partial charge in [0.1, 0.15) is 5.82 Å². The predicted octanol–water partition coefficient (Wildman–Crippen LogP) is 4.50. The number of aromatic amines is 1. The van der Waals surface area contributed by atoms with Crippen LogP contribution in [-0.4, -0.2) is 54.9 Å². The van der Waals surface area contributed by atoms with Crippen molar-refractivity contribution in [3.05, 3.63) is 78.2 Å². The molecule has 1 aliphatic rings. The van der Waals surface area contributed by atoms with E-state index in [1.807, 2.05) is 48.5 Å². The molecule has 1 aromatic carbocycles. The summed E-state index contributed by atoms with van der Waals surface area (Å²) in [6.45, 7) is 6.60. The van der Waals surface area contributed by atoms with Gasteiger partial charge in [-0.05, 0) is 70.1 Å². The number of rotatable bonds is 6. The van der Waals surface area contributed by atoms with Crippen LogP contribution in [0.15, 0.2) is 67.0 Å². The molecule has 2 N–H and O–H groups in total. The highest BCUT2D eigenvalue weighted by Gasteiger charge is 2.26. The van der Waals surface area contributed by atoms with Crippen molar-refractivity contribution in [1.82, 2.24) is 29.9 Å². The summed E-state index contributed by atoms with van der Waals surface area (Å²) in [4.78, 5) is 20.2. The monoisotopic (exact) mass is 455 g/mol. The first-order chi connectivity index (χ1) is 16.6. The maximum atomic E-state index is 13.2. The van der Waals surface area contributed by atoms with Gasteiger partial charge in [-0.15, -0.1) is 0 Å². The quantitative estimate of drug-likeness (QED) is 0.447. The molecule has 4 heterocycles. The molecule has 0 atom stereocenters. The van der Waals surface area contributed by atoms with E-state index >= 15 is 0 Å². The molecule has 8 nitrogen and oxygen atoms in total. The topological polar surface area (TPSA) is 91.7 Å². The number of pyridine rings is 1. The SMILES string of the molecule is CC(C)N1CCC(c2cc(NC(=O)c3cccc(-c4ccn[nH]4)c3)n(-c3ccccn3)n2)CC1. The van der Waals surface area contributed by atoms with Crippen molar-refractivity contribution in [3.8, 4) is 17.1 Å². The van der Waals surface area contributed by atoms with E-state index in [1.165, 1.54) is 0 Å². The summed E-state index contributed by atoms with van der Waals surface area (Å²) in [6.07, 6.45) is 5.53. The van der Waals surface area contributed by atoms with Crippen LogP contribution in [0, 0.1) is 0 Å². The second-order valence-corrected chi connectivity index (χ2v) is 8.96. The molecular weight excluding hydrogens is 426 g/mol. The maximum Gasteiger partial charge on any atom is 0.256 e. The lowest BCUT2D eigenvalue weighted by atomic mass is 9.93.